The zero-order valence-corrected chi connectivity index (χ0v) is 92.0. The Labute approximate surface area is 894 Å². The van der Waals surface area contributed by atoms with Gasteiger partial charge in [-0.2, -0.15) is 23.3 Å². The van der Waals surface area contributed by atoms with Crippen molar-refractivity contribution in [3.63, 3.8) is 0 Å². The summed E-state index contributed by atoms with van der Waals surface area (Å²) < 4.78 is 113. The zero-order chi connectivity index (χ0) is 110. The quantitative estimate of drug-likeness (QED) is 0.00924. The van der Waals surface area contributed by atoms with E-state index in [0.29, 0.717) is 130 Å². The van der Waals surface area contributed by atoms with Gasteiger partial charge in [-0.1, -0.05) is 295 Å². The fourth-order valence-corrected chi connectivity index (χ4v) is 16.4. The lowest BCUT2D eigenvalue weighted by Crippen LogP contribution is -2.28. The maximum Gasteiger partial charge on any atom is 0.418 e. The van der Waals surface area contributed by atoms with E-state index in [-0.39, 0.29) is 71.1 Å². The fraction of sp³-hybridized carbons (Fsp3) is 0.339. The molecular formula is C118H139F5N6O16S4. The van der Waals surface area contributed by atoms with Crippen LogP contribution in [-0.2, 0) is 61.8 Å². The van der Waals surface area contributed by atoms with Crippen LogP contribution in [0.1, 0.15) is 241 Å². The van der Waals surface area contributed by atoms with Crippen LogP contribution >= 0.6 is 48.9 Å². The van der Waals surface area contributed by atoms with E-state index >= 15 is 0 Å². The molecule has 796 valence electrons. The molecule has 0 spiro atoms. The second-order valence-electron chi connectivity index (χ2n) is 35.7. The number of carbonyl (C=O) groups is 2. The van der Waals surface area contributed by atoms with Crippen LogP contribution in [0.3, 0.4) is 0 Å². The predicted octanol–water partition coefficient (Wildman–Crippen LogP) is 31.1. The minimum atomic E-state index is -4.63. The summed E-state index contributed by atoms with van der Waals surface area (Å²) in [5.41, 5.74) is 19.4. The molecule has 149 heavy (non-hydrogen) atoms. The molecule has 0 radical (unpaired) electrons. The first-order valence-electron chi connectivity index (χ1n) is 49.5. The maximum absolute atomic E-state index is 13.4. The number of para-hydroxylation sites is 6. The molecule has 0 aromatic heterocycles. The second kappa shape index (κ2) is 58.8. The van der Waals surface area contributed by atoms with E-state index in [2.05, 4.69) is 31.2 Å². The van der Waals surface area contributed by atoms with E-state index in [9.17, 15) is 62.8 Å². The number of hydrogen-bond acceptors (Lipinski definition) is 20. The summed E-state index contributed by atoms with van der Waals surface area (Å²) in [6.07, 6.45) is -2.23. The van der Waals surface area contributed by atoms with Gasteiger partial charge in [0.05, 0.1) is 42.0 Å². The lowest BCUT2D eigenvalue weighted by atomic mass is 10.0. The summed E-state index contributed by atoms with van der Waals surface area (Å²) in [6, 6.07) is 66.4. The van der Waals surface area contributed by atoms with Crippen molar-refractivity contribution >= 4 is 115 Å². The molecule has 2 amide bonds. The topological polar surface area (TPSA) is 249 Å². The van der Waals surface area contributed by atoms with Crippen LogP contribution in [0, 0.1) is 83.1 Å². The van der Waals surface area contributed by atoms with Gasteiger partial charge in [0.2, 0.25) is 11.8 Å². The van der Waals surface area contributed by atoms with Crippen molar-refractivity contribution in [2.75, 3.05) is 44.1 Å². The van der Waals surface area contributed by atoms with Crippen molar-refractivity contribution in [3.8, 4) is 46.0 Å². The third kappa shape index (κ3) is 34.5. The van der Waals surface area contributed by atoms with Crippen molar-refractivity contribution in [1.82, 2.24) is 0 Å². The number of alkyl halides is 5. The normalized spacial score (nSPS) is 11.2. The van der Waals surface area contributed by atoms with E-state index in [1.165, 1.54) is 46.5 Å². The van der Waals surface area contributed by atoms with Gasteiger partial charge in [0, 0.05) is 51.8 Å². The molecule has 13 rings (SSSR count). The molecule has 0 bridgehead atoms. The molecule has 12 aromatic rings. The highest BCUT2D eigenvalue weighted by atomic mass is 32.1. The number of benzene rings is 12. The third-order valence-corrected chi connectivity index (χ3v) is 25.9. The van der Waals surface area contributed by atoms with Crippen LogP contribution in [0.5, 0.6) is 46.0 Å². The largest absolute Gasteiger partial charge is 0.494 e. The van der Waals surface area contributed by atoms with Crippen LogP contribution < -0.4 is 68.3 Å². The van der Waals surface area contributed by atoms with Crippen LogP contribution in [0.25, 0.3) is 0 Å². The molecule has 22 nitrogen and oxygen atoms in total. The highest BCUT2D eigenvalue weighted by Crippen LogP contribution is 2.47. The van der Waals surface area contributed by atoms with Crippen LogP contribution in [-0.4, -0.2) is 76.7 Å². The monoisotopic (exact) mass is 2120 g/mol. The first-order valence-corrected chi connectivity index (χ1v) is 51.1. The van der Waals surface area contributed by atoms with Gasteiger partial charge >= 0.3 is 6.18 Å². The molecule has 12 aromatic carbocycles. The van der Waals surface area contributed by atoms with Gasteiger partial charge in [-0.05, 0) is 240 Å². The van der Waals surface area contributed by atoms with Gasteiger partial charge in [0.15, 0.2) is 0 Å². The van der Waals surface area contributed by atoms with Gasteiger partial charge in [-0.3, -0.25) is 40.8 Å². The first-order chi connectivity index (χ1) is 70.9. The van der Waals surface area contributed by atoms with Crippen molar-refractivity contribution in [1.29, 1.82) is 0 Å². The van der Waals surface area contributed by atoms with Crippen LogP contribution in [0.15, 0.2) is 218 Å². The number of amides is 2. The minimum Gasteiger partial charge on any atom is -0.494 e. The molecule has 1 saturated carbocycles. The second-order valence-corrected chi connectivity index (χ2v) is 37.6. The van der Waals surface area contributed by atoms with E-state index in [1.54, 1.807) is 53.0 Å². The van der Waals surface area contributed by atoms with Crippen molar-refractivity contribution in [3.05, 3.63) is 341 Å². The number of carbonyl (C=O) groups excluding carboxylic acids is 2. The van der Waals surface area contributed by atoms with E-state index < -0.39 is 23.9 Å². The number of hydrogen-bond donors (Lipinski definition) is 6. The molecule has 6 N–H and O–H groups in total. The summed E-state index contributed by atoms with van der Waals surface area (Å²) in [7, 11) is 1.57. The molecule has 1 aliphatic rings. The van der Waals surface area contributed by atoms with Crippen molar-refractivity contribution < 1.29 is 101 Å². The molecule has 0 heterocycles. The van der Waals surface area contributed by atoms with Gasteiger partial charge < -0.3 is 37.9 Å². The smallest absolute Gasteiger partial charge is 0.418 e. The highest BCUT2D eigenvalue weighted by molar-refractivity contribution is 7.81. The molecule has 0 unspecified atom stereocenters. The molecule has 0 saturated heterocycles. The molecule has 1 aliphatic carbocycles. The zero-order valence-electron chi connectivity index (χ0n) is 88.7. The summed E-state index contributed by atoms with van der Waals surface area (Å²) in [5, 5.41) is 66.9. The standard InChI is InChI=1S/C21H25NO3.C20H25NO3S.C20H25NO3.C19H20F3NO2S.C19H21F2NO2S.C19H23NO3S/c1-4-20(23)22(24)21-17(6-5-7-18(21)16-9-10-16)13-25-19-11-8-14(2)12-15(19)3;1-5-19(25)21(22)20-16(8-7-9-18(20)23-6-2)13-24-17-11-10-14(3)12-15(17)4;1-5-16-8-7-9-17(20(16)21(23)19(22)6-2)13-24-18-11-10-14(3)12-15(18)4;1-4-17(26)23(24)18-14(6-5-7-15(18)19(20,21)22)11-25-16-9-8-12(2)10-13(16)3;1-4-17(25)22(23)18-14(6-5-7-15(18)19(20)21)11-24-16-9-8-12(2)10-13(16)3;1-5-18(24)20(21)19-15(7-6-8-17(19)22-4)12-23-16-10-9-13(2)11-14(16)3/h5-8,11-12,16,24H,4,9-10,13H2,1-3H3;7-12,22H,5-6,13H2,1-4H3;7-12,23H,5-6,13H2,1-4H3;5-10,24H,4,11H2,1-3H3;5-10,19,23H,4,11H2,1-3H3;6-11,21H,5,12H2,1-4H3. The Hall–Kier alpha value is -13.1. The molecule has 31 heteroatoms. The Balaban J connectivity index is 0.000000218. The minimum absolute atomic E-state index is 0.00512. The summed E-state index contributed by atoms with van der Waals surface area (Å²) in [6.45, 7) is 40.2. The number of anilines is 6. The van der Waals surface area contributed by atoms with Gasteiger partial charge in [-0.25, -0.2) is 29.0 Å². The number of ether oxygens (including phenoxy) is 8. The molecule has 0 aliphatic heterocycles. The summed E-state index contributed by atoms with van der Waals surface area (Å²) in [5.74, 6) is 5.43. The van der Waals surface area contributed by atoms with Crippen molar-refractivity contribution in [2.24, 2.45) is 0 Å². The van der Waals surface area contributed by atoms with Crippen LogP contribution in [0.4, 0.5) is 56.1 Å². The number of thiocarbonyl (C=S) groups is 4. The first kappa shape index (κ1) is 121. The Morgan fingerprint density at radius 2 is 0.584 bits per heavy atom. The molecule has 0 atom stereocenters. The lowest BCUT2D eigenvalue weighted by Gasteiger charge is -2.24. The summed E-state index contributed by atoms with van der Waals surface area (Å²) >= 11 is 20.5. The number of halogens is 5. The number of rotatable bonds is 36. The average Bonchev–Trinajstić information content (AvgIpc) is 1.38. The van der Waals surface area contributed by atoms with Gasteiger partial charge in [0.25, 0.3) is 6.43 Å². The maximum atomic E-state index is 13.4. The predicted molar refractivity (Wildman–Crippen MR) is 597 cm³/mol. The number of hydroxylamine groups is 6. The number of aryl methyl sites for hydroxylation is 13. The Kier molecular flexibility index (Phi) is 47.8. The van der Waals surface area contributed by atoms with Gasteiger partial charge in [0.1, 0.15) is 117 Å². The fourth-order valence-electron chi connectivity index (χ4n) is 16.0. The summed E-state index contributed by atoms with van der Waals surface area (Å²) in [4.78, 5) is 25.0. The van der Waals surface area contributed by atoms with Crippen LogP contribution in [0.2, 0.25) is 0 Å². The Morgan fingerprint density at radius 3 is 0.886 bits per heavy atom. The number of nitrogens with zero attached hydrogens (tertiary/aromatic N) is 6. The molecular weight excluding hydrogens is 1980 g/mol. The molecule has 1 fully saturated rings. The van der Waals surface area contributed by atoms with E-state index in [0.717, 1.165) is 146 Å². The Bertz CT molecular complexity index is 6320. The SMILES string of the molecule is CCC(=O)N(O)c1c(CC)cccc1COc1ccc(C)cc1C.CCC(=O)N(O)c1c(COc2ccc(C)cc2C)cccc1C1CC1.CCC(=S)N(O)c1c(COc2ccc(C)cc2C)cccc1C(F)(F)F.CCC(=S)N(O)c1c(COc2ccc(C)cc2C)cccc1C(F)F.CCC(=S)N(O)c1c(COc2ccc(C)cc2C)cccc1OC.CCOc1cccc(COc2ccc(C)cc2C)c1N(O)C(=S)CC. The van der Waals surface area contributed by atoms with E-state index in [1.807, 2.05) is 249 Å². The highest BCUT2D eigenvalue weighted by Gasteiger charge is 2.38. The van der Waals surface area contributed by atoms with E-state index in [4.69, 9.17) is 86.8 Å². The lowest BCUT2D eigenvalue weighted by molar-refractivity contribution is -0.137. The van der Waals surface area contributed by atoms with Gasteiger partial charge in [-0.15, -0.1) is 0 Å². The Morgan fingerprint density at radius 1 is 0.315 bits per heavy atom. The number of methoxy groups -OCH3 is 1. The third-order valence-electron chi connectivity index (χ3n) is 24.0. The van der Waals surface area contributed by atoms with Crippen molar-refractivity contribution in [2.45, 2.75) is 254 Å². The average molecular weight is 2120 g/mol.